The van der Waals surface area contributed by atoms with Gasteiger partial charge in [-0.3, -0.25) is 10.1 Å². The highest BCUT2D eigenvalue weighted by Gasteiger charge is 2.53. The fourth-order valence-corrected chi connectivity index (χ4v) is 6.81. The molecule has 25 heavy (non-hydrogen) atoms. The van der Waals surface area contributed by atoms with Crippen molar-refractivity contribution in [3.8, 4) is 0 Å². The van der Waals surface area contributed by atoms with Gasteiger partial charge in [0.1, 0.15) is 5.01 Å². The zero-order valence-corrected chi connectivity index (χ0v) is 15.3. The van der Waals surface area contributed by atoms with Crippen molar-refractivity contribution >= 4 is 22.4 Å². The van der Waals surface area contributed by atoms with Gasteiger partial charge in [0, 0.05) is 11.0 Å². The molecule has 4 bridgehead atoms. The number of nitrogens with one attached hydrogen (secondary N) is 1. The maximum absolute atomic E-state index is 12.5. The quantitative estimate of drug-likeness (QED) is 0.879. The topological polar surface area (TPSA) is 54.9 Å². The number of anilines is 1. The van der Waals surface area contributed by atoms with Crippen molar-refractivity contribution in [1.29, 1.82) is 0 Å². The Kier molecular flexibility index (Phi) is 3.49. The summed E-state index contributed by atoms with van der Waals surface area (Å²) in [6, 6.07) is 7.65. The van der Waals surface area contributed by atoms with E-state index < -0.39 is 0 Å². The summed E-state index contributed by atoms with van der Waals surface area (Å²) in [7, 11) is 0. The molecule has 6 rings (SSSR count). The Balaban J connectivity index is 1.38. The van der Waals surface area contributed by atoms with Crippen LogP contribution in [0.1, 0.15) is 59.5 Å². The Labute approximate surface area is 152 Å². The third-order valence-electron chi connectivity index (χ3n) is 6.53. The van der Waals surface area contributed by atoms with Crippen LogP contribution in [-0.2, 0) is 5.41 Å². The molecule has 4 saturated carbocycles. The van der Waals surface area contributed by atoms with E-state index in [1.54, 1.807) is 11.3 Å². The molecule has 4 aliphatic carbocycles. The molecule has 1 N–H and O–H groups in total. The van der Waals surface area contributed by atoms with Crippen molar-refractivity contribution in [2.45, 2.75) is 50.9 Å². The highest BCUT2D eigenvalue weighted by Crippen LogP contribution is 2.61. The first kappa shape index (κ1) is 15.5. The molecule has 0 radical (unpaired) electrons. The van der Waals surface area contributed by atoms with Crippen molar-refractivity contribution in [3.05, 3.63) is 40.4 Å². The molecule has 1 aromatic heterocycles. The molecule has 4 aliphatic rings. The Morgan fingerprint density at radius 1 is 1.08 bits per heavy atom. The number of nitrogens with zero attached hydrogens (tertiary/aromatic N) is 2. The molecule has 0 unspecified atom stereocenters. The van der Waals surface area contributed by atoms with E-state index in [-0.39, 0.29) is 11.3 Å². The highest BCUT2D eigenvalue weighted by atomic mass is 32.1. The normalized spacial score (nSPS) is 32.8. The molecule has 1 heterocycles. The van der Waals surface area contributed by atoms with Crippen LogP contribution in [0.3, 0.4) is 0 Å². The van der Waals surface area contributed by atoms with Crippen LogP contribution >= 0.6 is 11.3 Å². The Morgan fingerprint density at radius 2 is 1.72 bits per heavy atom. The maximum atomic E-state index is 12.5. The number of rotatable bonds is 3. The minimum Gasteiger partial charge on any atom is -0.296 e. The highest BCUT2D eigenvalue weighted by molar-refractivity contribution is 7.15. The van der Waals surface area contributed by atoms with Gasteiger partial charge in [-0.15, -0.1) is 10.2 Å². The largest absolute Gasteiger partial charge is 0.296 e. The summed E-state index contributed by atoms with van der Waals surface area (Å²) < 4.78 is 0. The van der Waals surface area contributed by atoms with Crippen LogP contribution in [0.2, 0.25) is 0 Å². The monoisotopic (exact) mass is 353 g/mol. The average Bonchev–Trinajstić information content (AvgIpc) is 3.03. The smallest absolute Gasteiger partial charge is 0.257 e. The lowest BCUT2D eigenvalue weighted by atomic mass is 9.50. The molecule has 130 valence electrons. The summed E-state index contributed by atoms with van der Waals surface area (Å²) in [4.78, 5) is 12.5. The maximum Gasteiger partial charge on any atom is 0.257 e. The summed E-state index contributed by atoms with van der Waals surface area (Å²) in [5, 5.41) is 13.6. The second-order valence-electron chi connectivity index (χ2n) is 8.38. The zero-order valence-electron chi connectivity index (χ0n) is 14.5. The first-order valence-electron chi connectivity index (χ1n) is 9.32. The molecule has 0 aliphatic heterocycles. The molecule has 2 aromatic rings. The van der Waals surface area contributed by atoms with Crippen molar-refractivity contribution in [2.75, 3.05) is 5.32 Å². The molecule has 1 aromatic carbocycles. The van der Waals surface area contributed by atoms with E-state index in [1.165, 1.54) is 38.5 Å². The van der Waals surface area contributed by atoms with E-state index in [9.17, 15) is 4.79 Å². The molecular formula is C20H23N3OS. The van der Waals surface area contributed by atoms with E-state index in [0.29, 0.717) is 10.7 Å². The van der Waals surface area contributed by atoms with E-state index >= 15 is 0 Å². The van der Waals surface area contributed by atoms with Crippen molar-refractivity contribution in [2.24, 2.45) is 17.8 Å². The van der Waals surface area contributed by atoms with Crippen molar-refractivity contribution < 1.29 is 4.79 Å². The number of carbonyl (C=O) groups excluding carboxylic acids is 1. The lowest BCUT2D eigenvalue weighted by Crippen LogP contribution is -2.48. The van der Waals surface area contributed by atoms with Crippen molar-refractivity contribution in [3.63, 3.8) is 0 Å². The minimum atomic E-state index is -0.0914. The number of aromatic nitrogens is 2. The van der Waals surface area contributed by atoms with Gasteiger partial charge in [0.2, 0.25) is 5.13 Å². The third-order valence-corrected chi connectivity index (χ3v) is 7.61. The Morgan fingerprint density at radius 3 is 2.36 bits per heavy atom. The number of aryl methyl sites for hydroxylation is 1. The molecule has 4 fully saturated rings. The lowest BCUT2D eigenvalue weighted by molar-refractivity contribution is -0.00555. The van der Waals surface area contributed by atoms with Crippen LogP contribution in [0.4, 0.5) is 5.13 Å². The fraction of sp³-hybridized carbons (Fsp3) is 0.550. The van der Waals surface area contributed by atoms with Gasteiger partial charge in [-0.2, -0.15) is 0 Å². The third kappa shape index (κ3) is 2.60. The van der Waals surface area contributed by atoms with Crippen LogP contribution in [0, 0.1) is 24.7 Å². The van der Waals surface area contributed by atoms with Crippen molar-refractivity contribution in [1.82, 2.24) is 10.2 Å². The predicted octanol–water partition coefficient (Wildman–Crippen LogP) is 4.57. The molecule has 1 amide bonds. The van der Waals surface area contributed by atoms with Gasteiger partial charge < -0.3 is 0 Å². The molecule has 4 nitrogen and oxygen atoms in total. The van der Waals surface area contributed by atoms with Gasteiger partial charge in [-0.05, 0) is 74.8 Å². The number of carbonyl (C=O) groups is 1. The second-order valence-corrected chi connectivity index (χ2v) is 9.36. The van der Waals surface area contributed by atoms with E-state index in [4.69, 9.17) is 0 Å². The van der Waals surface area contributed by atoms with Crippen LogP contribution in [0.25, 0.3) is 0 Å². The first-order valence-corrected chi connectivity index (χ1v) is 10.1. The van der Waals surface area contributed by atoms with Crippen LogP contribution in [-0.4, -0.2) is 16.1 Å². The average molecular weight is 353 g/mol. The molecule has 5 heteroatoms. The SMILES string of the molecule is Cc1ccccc1C(=O)Nc1nnc(C23CC4CC(CC(C4)C2)C3)s1. The summed E-state index contributed by atoms with van der Waals surface area (Å²) in [6.07, 6.45) is 8.11. The van der Waals surface area contributed by atoms with E-state index in [0.717, 1.165) is 28.3 Å². The zero-order chi connectivity index (χ0) is 17.0. The standard InChI is InChI=1S/C20H23N3OS/c1-12-4-2-3-5-16(12)17(24)21-19-23-22-18(25-19)20-9-13-6-14(10-20)8-15(7-13)11-20/h2-5,13-15H,6-11H2,1H3,(H,21,23,24). The van der Waals surface area contributed by atoms with Crippen LogP contribution in [0.5, 0.6) is 0 Å². The lowest BCUT2D eigenvalue weighted by Gasteiger charge is -2.55. The number of hydrogen-bond acceptors (Lipinski definition) is 4. The number of benzene rings is 1. The minimum absolute atomic E-state index is 0.0914. The first-order chi connectivity index (χ1) is 12.1. The number of amides is 1. The van der Waals surface area contributed by atoms with Crippen LogP contribution < -0.4 is 5.32 Å². The van der Waals surface area contributed by atoms with Gasteiger partial charge in [0.15, 0.2) is 0 Å². The van der Waals surface area contributed by atoms with Gasteiger partial charge in [0.05, 0.1) is 0 Å². The van der Waals surface area contributed by atoms with E-state index in [1.807, 2.05) is 31.2 Å². The predicted molar refractivity (Wildman–Crippen MR) is 98.9 cm³/mol. The molecule has 0 atom stereocenters. The summed E-state index contributed by atoms with van der Waals surface area (Å²) in [6.45, 7) is 1.95. The van der Waals surface area contributed by atoms with Gasteiger partial charge in [-0.1, -0.05) is 29.5 Å². The van der Waals surface area contributed by atoms with E-state index in [2.05, 4.69) is 15.5 Å². The van der Waals surface area contributed by atoms with Gasteiger partial charge >= 0.3 is 0 Å². The molecule has 0 spiro atoms. The number of hydrogen-bond donors (Lipinski definition) is 1. The fourth-order valence-electron chi connectivity index (χ4n) is 5.85. The van der Waals surface area contributed by atoms with Crippen LogP contribution in [0.15, 0.2) is 24.3 Å². The Bertz CT molecular complexity index is 793. The van der Waals surface area contributed by atoms with Gasteiger partial charge in [0.25, 0.3) is 5.91 Å². The molecular weight excluding hydrogens is 330 g/mol. The summed E-state index contributed by atoms with van der Waals surface area (Å²) in [5.74, 6) is 2.58. The Hall–Kier alpha value is -1.75. The summed E-state index contributed by atoms with van der Waals surface area (Å²) >= 11 is 1.60. The second kappa shape index (κ2) is 5.63. The summed E-state index contributed by atoms with van der Waals surface area (Å²) in [5.41, 5.74) is 1.93. The van der Waals surface area contributed by atoms with Gasteiger partial charge in [-0.25, -0.2) is 0 Å². The molecule has 0 saturated heterocycles.